The summed E-state index contributed by atoms with van der Waals surface area (Å²) in [6.45, 7) is 5.14. The molecule has 1 saturated heterocycles. The van der Waals surface area contributed by atoms with Crippen molar-refractivity contribution >= 4 is 11.8 Å². The fourth-order valence-electron chi connectivity index (χ4n) is 2.88. The highest BCUT2D eigenvalue weighted by Gasteiger charge is 2.24. The topological polar surface area (TPSA) is 68.3 Å². The van der Waals surface area contributed by atoms with E-state index in [4.69, 9.17) is 14.2 Å². The summed E-state index contributed by atoms with van der Waals surface area (Å²) in [6, 6.07) is 7.86. The lowest BCUT2D eigenvalue weighted by molar-refractivity contribution is -0.143. The van der Waals surface area contributed by atoms with Crippen LogP contribution in [0.1, 0.15) is 18.9 Å². The summed E-state index contributed by atoms with van der Waals surface area (Å²) < 4.78 is 15.7. The molecule has 0 aromatic heterocycles. The van der Waals surface area contributed by atoms with Crippen molar-refractivity contribution in [2.75, 3.05) is 59.7 Å². The summed E-state index contributed by atoms with van der Waals surface area (Å²) >= 11 is 0. The molecule has 7 nitrogen and oxygen atoms in total. The van der Waals surface area contributed by atoms with Crippen LogP contribution >= 0.6 is 0 Å². The molecule has 0 bridgehead atoms. The molecule has 1 aromatic rings. The van der Waals surface area contributed by atoms with Crippen LogP contribution < -0.4 is 4.74 Å². The monoisotopic (exact) mass is 378 g/mol. The maximum Gasteiger partial charge on any atom is 0.260 e. The maximum atomic E-state index is 12.3. The third kappa shape index (κ3) is 7.19. The second-order valence-electron chi connectivity index (χ2n) is 6.49. The van der Waals surface area contributed by atoms with Crippen LogP contribution in [0, 0.1) is 0 Å². The summed E-state index contributed by atoms with van der Waals surface area (Å²) in [5.41, 5.74) is 1.27. The van der Waals surface area contributed by atoms with E-state index >= 15 is 0 Å². The van der Waals surface area contributed by atoms with E-state index in [1.54, 1.807) is 16.9 Å². The fraction of sp³-hybridized carbons (Fsp3) is 0.600. The number of aryl methyl sites for hydroxylation is 1. The molecule has 0 aliphatic carbocycles. The normalized spacial score (nSPS) is 14.3. The number of hydrogen-bond donors (Lipinski definition) is 0. The average Bonchev–Trinajstić information content (AvgIpc) is 2.70. The van der Waals surface area contributed by atoms with E-state index in [0.29, 0.717) is 45.1 Å². The molecule has 1 fully saturated rings. The lowest BCUT2D eigenvalue weighted by atomic mass is 10.1. The Hall–Kier alpha value is -2.12. The smallest absolute Gasteiger partial charge is 0.260 e. The molecule has 0 N–H and O–H groups in total. The third-order valence-corrected chi connectivity index (χ3v) is 4.47. The zero-order valence-corrected chi connectivity index (χ0v) is 16.3. The average molecular weight is 378 g/mol. The molecule has 2 rings (SSSR count). The second kappa shape index (κ2) is 11.6. The van der Waals surface area contributed by atoms with Crippen molar-refractivity contribution in [1.29, 1.82) is 0 Å². The van der Waals surface area contributed by atoms with E-state index in [2.05, 4.69) is 6.92 Å². The molecule has 1 aliphatic rings. The molecule has 2 amide bonds. The van der Waals surface area contributed by atoms with E-state index in [-0.39, 0.29) is 25.0 Å². The number of piperazine rings is 1. The first kappa shape index (κ1) is 21.2. The Morgan fingerprint density at radius 3 is 2.07 bits per heavy atom. The number of carbonyl (C=O) groups excluding carboxylic acids is 2. The largest absolute Gasteiger partial charge is 0.484 e. The highest BCUT2D eigenvalue weighted by atomic mass is 16.5. The zero-order chi connectivity index (χ0) is 19.5. The Labute approximate surface area is 161 Å². The van der Waals surface area contributed by atoms with Crippen LogP contribution in [0.3, 0.4) is 0 Å². The maximum absolute atomic E-state index is 12.3. The van der Waals surface area contributed by atoms with E-state index in [1.807, 2.05) is 24.3 Å². The van der Waals surface area contributed by atoms with Crippen LogP contribution in [0.4, 0.5) is 0 Å². The van der Waals surface area contributed by atoms with Gasteiger partial charge in [-0.3, -0.25) is 9.59 Å². The quantitative estimate of drug-likeness (QED) is 0.575. The van der Waals surface area contributed by atoms with Gasteiger partial charge in [-0.05, 0) is 24.1 Å². The minimum Gasteiger partial charge on any atom is -0.484 e. The van der Waals surface area contributed by atoms with Crippen LogP contribution in [0.5, 0.6) is 5.75 Å². The summed E-state index contributed by atoms with van der Waals surface area (Å²) in [6.07, 6.45) is 2.14. The van der Waals surface area contributed by atoms with Crippen LogP contribution in [0.25, 0.3) is 0 Å². The van der Waals surface area contributed by atoms with Crippen molar-refractivity contribution in [2.24, 2.45) is 0 Å². The van der Waals surface area contributed by atoms with Crippen molar-refractivity contribution in [3.05, 3.63) is 29.8 Å². The Bertz CT molecular complexity index is 583. The van der Waals surface area contributed by atoms with E-state index in [9.17, 15) is 9.59 Å². The number of nitrogens with zero attached hydrogens (tertiary/aromatic N) is 2. The Kier molecular flexibility index (Phi) is 9.07. The molecule has 1 aliphatic heterocycles. The van der Waals surface area contributed by atoms with Crippen LogP contribution in [0.2, 0.25) is 0 Å². The molecule has 1 heterocycles. The Morgan fingerprint density at radius 1 is 0.926 bits per heavy atom. The van der Waals surface area contributed by atoms with Gasteiger partial charge in [0.25, 0.3) is 5.91 Å². The summed E-state index contributed by atoms with van der Waals surface area (Å²) in [5, 5.41) is 0. The molecule has 0 spiro atoms. The number of hydrogen-bond acceptors (Lipinski definition) is 5. The van der Waals surface area contributed by atoms with Crippen LogP contribution in [-0.4, -0.2) is 81.3 Å². The van der Waals surface area contributed by atoms with Gasteiger partial charge < -0.3 is 24.0 Å². The Morgan fingerprint density at radius 2 is 1.52 bits per heavy atom. The summed E-state index contributed by atoms with van der Waals surface area (Å²) in [7, 11) is 1.59. The predicted octanol–water partition coefficient (Wildman–Crippen LogP) is 1.35. The SMILES string of the molecule is CCCc1ccc(OCC(=O)N2CCN(C(=O)COCCOC)CC2)cc1. The third-order valence-electron chi connectivity index (χ3n) is 4.47. The number of amides is 2. The second-order valence-corrected chi connectivity index (χ2v) is 6.49. The number of methoxy groups -OCH3 is 1. The first-order valence-corrected chi connectivity index (χ1v) is 9.48. The van der Waals surface area contributed by atoms with Gasteiger partial charge in [0.05, 0.1) is 13.2 Å². The minimum atomic E-state index is -0.0592. The lowest BCUT2D eigenvalue weighted by Gasteiger charge is -2.34. The predicted molar refractivity (Wildman–Crippen MR) is 102 cm³/mol. The molecular formula is C20H30N2O5. The van der Waals surface area contributed by atoms with Gasteiger partial charge >= 0.3 is 0 Å². The van der Waals surface area contributed by atoms with Gasteiger partial charge in [-0.2, -0.15) is 0 Å². The van der Waals surface area contributed by atoms with Crippen LogP contribution in [-0.2, 0) is 25.5 Å². The molecule has 7 heteroatoms. The van der Waals surface area contributed by atoms with Crippen molar-refractivity contribution in [2.45, 2.75) is 19.8 Å². The number of carbonyl (C=O) groups is 2. The molecule has 0 atom stereocenters. The van der Waals surface area contributed by atoms with Gasteiger partial charge in [0.1, 0.15) is 12.4 Å². The van der Waals surface area contributed by atoms with E-state index in [1.165, 1.54) is 5.56 Å². The summed E-state index contributed by atoms with van der Waals surface area (Å²) in [4.78, 5) is 27.8. The highest BCUT2D eigenvalue weighted by Crippen LogP contribution is 2.14. The number of ether oxygens (including phenoxy) is 3. The van der Waals surface area contributed by atoms with Crippen molar-refractivity contribution in [1.82, 2.24) is 9.80 Å². The zero-order valence-electron chi connectivity index (χ0n) is 16.3. The van der Waals surface area contributed by atoms with Crippen molar-refractivity contribution in [3.8, 4) is 5.75 Å². The van der Waals surface area contributed by atoms with E-state index in [0.717, 1.165) is 12.8 Å². The van der Waals surface area contributed by atoms with Crippen molar-refractivity contribution < 1.29 is 23.8 Å². The Balaban J connectivity index is 1.67. The number of benzene rings is 1. The first-order valence-electron chi connectivity index (χ1n) is 9.48. The molecule has 0 radical (unpaired) electrons. The number of rotatable bonds is 10. The van der Waals surface area contributed by atoms with Gasteiger partial charge in [-0.25, -0.2) is 0 Å². The molecule has 0 saturated carbocycles. The highest BCUT2D eigenvalue weighted by molar-refractivity contribution is 5.79. The van der Waals surface area contributed by atoms with E-state index < -0.39 is 0 Å². The first-order chi connectivity index (χ1) is 13.1. The lowest BCUT2D eigenvalue weighted by Crippen LogP contribution is -2.52. The molecule has 150 valence electrons. The standard InChI is InChI=1S/C20H30N2O5/c1-3-4-17-5-7-18(8-6-17)27-16-20(24)22-11-9-21(10-12-22)19(23)15-26-14-13-25-2/h5-8H,3-4,9-16H2,1-2H3. The molecule has 27 heavy (non-hydrogen) atoms. The van der Waals surface area contributed by atoms with Gasteiger partial charge in [0.15, 0.2) is 6.61 Å². The fourth-order valence-corrected chi connectivity index (χ4v) is 2.88. The van der Waals surface area contributed by atoms with Crippen molar-refractivity contribution in [3.63, 3.8) is 0 Å². The van der Waals surface area contributed by atoms with Crippen LogP contribution in [0.15, 0.2) is 24.3 Å². The van der Waals surface area contributed by atoms with Gasteiger partial charge in [0, 0.05) is 33.3 Å². The minimum absolute atomic E-state index is 0.0151. The van der Waals surface area contributed by atoms with Gasteiger partial charge in [-0.15, -0.1) is 0 Å². The van der Waals surface area contributed by atoms with Gasteiger partial charge in [-0.1, -0.05) is 25.5 Å². The molecular weight excluding hydrogens is 348 g/mol. The molecule has 0 unspecified atom stereocenters. The summed E-state index contributed by atoms with van der Waals surface area (Å²) in [5.74, 6) is 0.586. The molecule has 1 aromatic carbocycles. The van der Waals surface area contributed by atoms with Gasteiger partial charge in [0.2, 0.25) is 5.91 Å².